The van der Waals surface area contributed by atoms with Gasteiger partial charge in [-0.2, -0.15) is 0 Å². The Morgan fingerprint density at radius 2 is 2.18 bits per heavy atom. The number of nitrogens with zero attached hydrogens (tertiary/aromatic N) is 3. The highest BCUT2D eigenvalue weighted by molar-refractivity contribution is 5.74. The van der Waals surface area contributed by atoms with Crippen LogP contribution >= 0.6 is 0 Å². The van der Waals surface area contributed by atoms with E-state index in [0.717, 1.165) is 11.1 Å². The van der Waals surface area contributed by atoms with Gasteiger partial charge in [-0.3, -0.25) is 0 Å². The average molecular weight is 303 g/mol. The van der Waals surface area contributed by atoms with E-state index in [4.69, 9.17) is 4.74 Å². The molecule has 1 unspecified atom stereocenters. The van der Waals surface area contributed by atoms with Crippen LogP contribution in [0.4, 0.5) is 4.79 Å². The number of hydrogen-bond acceptors (Lipinski definition) is 4. The monoisotopic (exact) mass is 303 g/mol. The van der Waals surface area contributed by atoms with Crippen molar-refractivity contribution in [3.8, 4) is 0 Å². The molecule has 1 heterocycles. The molecule has 118 valence electrons. The third kappa shape index (κ3) is 4.29. The molecule has 1 aromatic carbocycles. The third-order valence-electron chi connectivity index (χ3n) is 3.24. The van der Waals surface area contributed by atoms with Gasteiger partial charge in [-0.15, -0.1) is 10.2 Å². The number of methoxy groups -OCH3 is 1. The molecule has 0 spiro atoms. The lowest BCUT2D eigenvalue weighted by Crippen LogP contribution is -2.37. The first-order valence-corrected chi connectivity index (χ1v) is 7.05. The number of aryl methyl sites for hydroxylation is 1. The minimum Gasteiger partial charge on any atom is -0.380 e. The number of rotatable bonds is 6. The standard InChI is InChI=1S/C15H21N5O2/c1-11(14-19-17-10-20(14)2)18-15(21)16-8-12-5-4-6-13(7-12)9-22-3/h4-7,10-11H,8-9H2,1-3H3,(H2,16,18,21). The molecule has 0 aliphatic heterocycles. The third-order valence-corrected chi connectivity index (χ3v) is 3.24. The van der Waals surface area contributed by atoms with Crippen molar-refractivity contribution in [3.63, 3.8) is 0 Å². The quantitative estimate of drug-likeness (QED) is 0.848. The summed E-state index contributed by atoms with van der Waals surface area (Å²) in [6.45, 7) is 2.88. The van der Waals surface area contributed by atoms with Crippen LogP contribution in [0.2, 0.25) is 0 Å². The molecule has 2 N–H and O–H groups in total. The van der Waals surface area contributed by atoms with Gasteiger partial charge in [-0.05, 0) is 18.1 Å². The Balaban J connectivity index is 1.85. The molecule has 0 aliphatic carbocycles. The molecule has 1 aromatic heterocycles. The number of benzene rings is 1. The van der Waals surface area contributed by atoms with E-state index in [9.17, 15) is 4.79 Å². The van der Waals surface area contributed by atoms with E-state index in [1.165, 1.54) is 0 Å². The van der Waals surface area contributed by atoms with Crippen LogP contribution < -0.4 is 10.6 Å². The lowest BCUT2D eigenvalue weighted by molar-refractivity contribution is 0.185. The van der Waals surface area contributed by atoms with E-state index >= 15 is 0 Å². The first-order valence-electron chi connectivity index (χ1n) is 7.05. The number of aromatic nitrogens is 3. The van der Waals surface area contributed by atoms with Crippen molar-refractivity contribution in [1.82, 2.24) is 25.4 Å². The molecule has 0 saturated heterocycles. The van der Waals surface area contributed by atoms with E-state index in [0.29, 0.717) is 19.0 Å². The lowest BCUT2D eigenvalue weighted by atomic mass is 10.1. The maximum absolute atomic E-state index is 11.9. The zero-order valence-corrected chi connectivity index (χ0v) is 13.0. The maximum Gasteiger partial charge on any atom is 0.315 e. The zero-order chi connectivity index (χ0) is 15.9. The van der Waals surface area contributed by atoms with Gasteiger partial charge < -0.3 is 19.9 Å². The molecular weight excluding hydrogens is 282 g/mol. The second-order valence-corrected chi connectivity index (χ2v) is 5.10. The first kappa shape index (κ1) is 16.0. The zero-order valence-electron chi connectivity index (χ0n) is 13.0. The molecule has 0 aliphatic rings. The normalized spacial score (nSPS) is 12.0. The average Bonchev–Trinajstić information content (AvgIpc) is 2.92. The van der Waals surface area contributed by atoms with Crippen LogP contribution in [0.15, 0.2) is 30.6 Å². The summed E-state index contributed by atoms with van der Waals surface area (Å²) < 4.78 is 6.88. The number of nitrogens with one attached hydrogen (secondary N) is 2. The van der Waals surface area contributed by atoms with Crippen LogP contribution in [0.5, 0.6) is 0 Å². The lowest BCUT2D eigenvalue weighted by Gasteiger charge is -2.14. The Kier molecular flexibility index (Phi) is 5.48. The molecule has 1 atom stereocenters. The molecule has 7 nitrogen and oxygen atoms in total. The fourth-order valence-electron chi connectivity index (χ4n) is 2.17. The highest BCUT2D eigenvalue weighted by atomic mass is 16.5. The Morgan fingerprint density at radius 1 is 1.41 bits per heavy atom. The molecule has 0 saturated carbocycles. The maximum atomic E-state index is 11.9. The van der Waals surface area contributed by atoms with Gasteiger partial charge in [0.25, 0.3) is 0 Å². The Hall–Kier alpha value is -2.41. The predicted octanol–water partition coefficient (Wildman–Crippen LogP) is 1.52. The molecular formula is C15H21N5O2. The van der Waals surface area contributed by atoms with Crippen LogP contribution in [0.3, 0.4) is 0 Å². The van der Waals surface area contributed by atoms with Gasteiger partial charge >= 0.3 is 6.03 Å². The SMILES string of the molecule is COCc1cccc(CNC(=O)NC(C)c2nncn2C)c1. The van der Waals surface area contributed by atoms with Crippen molar-refractivity contribution >= 4 is 6.03 Å². The number of carbonyl (C=O) groups is 1. The molecule has 2 rings (SSSR count). The Morgan fingerprint density at radius 3 is 2.86 bits per heavy atom. The summed E-state index contributed by atoms with van der Waals surface area (Å²) >= 11 is 0. The topological polar surface area (TPSA) is 81.1 Å². The summed E-state index contributed by atoms with van der Waals surface area (Å²) in [4.78, 5) is 11.9. The van der Waals surface area contributed by atoms with Crippen LogP contribution in [0.25, 0.3) is 0 Å². The fraction of sp³-hybridized carbons (Fsp3) is 0.400. The summed E-state index contributed by atoms with van der Waals surface area (Å²) in [7, 11) is 3.50. The molecule has 0 radical (unpaired) electrons. The van der Waals surface area contributed by atoms with Crippen molar-refractivity contribution in [3.05, 3.63) is 47.5 Å². The summed E-state index contributed by atoms with van der Waals surface area (Å²) in [6.07, 6.45) is 1.60. The van der Waals surface area contributed by atoms with Crippen LogP contribution in [-0.4, -0.2) is 27.9 Å². The van der Waals surface area contributed by atoms with Crippen molar-refractivity contribution < 1.29 is 9.53 Å². The predicted molar refractivity (Wildman–Crippen MR) is 81.9 cm³/mol. The minimum atomic E-state index is -0.243. The molecule has 2 aromatic rings. The molecule has 0 bridgehead atoms. The molecule has 22 heavy (non-hydrogen) atoms. The number of carbonyl (C=O) groups excluding carboxylic acids is 1. The van der Waals surface area contributed by atoms with Gasteiger partial charge in [0.05, 0.1) is 12.6 Å². The number of ether oxygens (including phenoxy) is 1. The summed E-state index contributed by atoms with van der Waals surface area (Å²) in [5.74, 6) is 0.706. The smallest absolute Gasteiger partial charge is 0.315 e. The van der Waals surface area contributed by atoms with Crippen molar-refractivity contribution in [2.24, 2.45) is 7.05 Å². The molecule has 7 heteroatoms. The number of urea groups is 1. The van der Waals surface area contributed by atoms with E-state index in [-0.39, 0.29) is 12.1 Å². The summed E-state index contributed by atoms with van der Waals surface area (Å²) in [5.41, 5.74) is 2.10. The van der Waals surface area contributed by atoms with Crippen molar-refractivity contribution in [2.75, 3.05) is 7.11 Å². The van der Waals surface area contributed by atoms with Crippen LogP contribution in [0.1, 0.15) is 29.9 Å². The summed E-state index contributed by atoms with van der Waals surface area (Å²) in [5, 5.41) is 13.4. The van der Waals surface area contributed by atoms with Gasteiger partial charge in [0, 0.05) is 20.7 Å². The second-order valence-electron chi connectivity index (χ2n) is 5.10. The van der Waals surface area contributed by atoms with Gasteiger partial charge in [-0.1, -0.05) is 24.3 Å². The minimum absolute atomic E-state index is 0.215. The number of hydrogen-bond donors (Lipinski definition) is 2. The number of amides is 2. The highest BCUT2D eigenvalue weighted by Gasteiger charge is 2.13. The molecule has 2 amide bonds. The van der Waals surface area contributed by atoms with Gasteiger partial charge in [0.15, 0.2) is 5.82 Å². The van der Waals surface area contributed by atoms with Crippen molar-refractivity contribution in [2.45, 2.75) is 26.1 Å². The van der Waals surface area contributed by atoms with Crippen molar-refractivity contribution in [1.29, 1.82) is 0 Å². The highest BCUT2D eigenvalue weighted by Crippen LogP contribution is 2.08. The Labute approximate surface area is 129 Å². The first-order chi connectivity index (χ1) is 10.6. The van der Waals surface area contributed by atoms with Gasteiger partial charge in [0.1, 0.15) is 6.33 Å². The molecule has 0 fully saturated rings. The van der Waals surface area contributed by atoms with E-state index in [1.54, 1.807) is 18.0 Å². The van der Waals surface area contributed by atoms with E-state index in [1.807, 2.05) is 38.2 Å². The Bertz CT molecular complexity index is 626. The van der Waals surface area contributed by atoms with Crippen LogP contribution in [-0.2, 0) is 24.9 Å². The fourth-order valence-corrected chi connectivity index (χ4v) is 2.17. The second kappa shape index (κ2) is 7.56. The largest absolute Gasteiger partial charge is 0.380 e. The summed E-state index contributed by atoms with van der Waals surface area (Å²) in [6, 6.07) is 7.45. The van der Waals surface area contributed by atoms with Gasteiger partial charge in [0.2, 0.25) is 0 Å². The van der Waals surface area contributed by atoms with Gasteiger partial charge in [-0.25, -0.2) is 4.79 Å². The van der Waals surface area contributed by atoms with E-state index in [2.05, 4.69) is 20.8 Å². The van der Waals surface area contributed by atoms with E-state index < -0.39 is 0 Å². The van der Waals surface area contributed by atoms with Crippen LogP contribution in [0, 0.1) is 0 Å².